The Balaban J connectivity index is 0.901. The zero-order chi connectivity index (χ0) is 49.5. The average molecular weight is 937 g/mol. The first-order chi connectivity index (χ1) is 35.2. The van der Waals surface area contributed by atoms with E-state index in [1.165, 1.54) is 111 Å². The molecule has 10 aromatic carbocycles. The van der Waals surface area contributed by atoms with Crippen molar-refractivity contribution in [1.82, 2.24) is 0 Å². The van der Waals surface area contributed by atoms with Gasteiger partial charge in [-0.15, -0.1) is 0 Å². The highest BCUT2D eigenvalue weighted by molar-refractivity contribution is 6.06. The van der Waals surface area contributed by atoms with Crippen LogP contribution in [0.25, 0.3) is 111 Å². The van der Waals surface area contributed by atoms with E-state index in [4.69, 9.17) is 4.42 Å². The van der Waals surface area contributed by atoms with E-state index in [9.17, 15) is 0 Å². The van der Waals surface area contributed by atoms with Crippen molar-refractivity contribution in [3.8, 4) is 89.4 Å². The van der Waals surface area contributed by atoms with Gasteiger partial charge in [0.1, 0.15) is 11.5 Å². The highest BCUT2D eigenvalue weighted by atomic mass is 16.3. The average Bonchev–Trinajstić information content (AvgIpc) is 4.12. The standard InChI is InChI=1S/C72H56O/c1-69(2)55-33-29-41-19-15-17-25-47(41)65(55)53-39-59-51(37-61(53)69)49-31-27-45(35-57(49)71(59,5)6)67-63(43-21-11-9-12-22-43)64(44-23-13-10-14-24-44)68(73-67)46-28-32-50-52-38-62-54(40-60(52)72(7,8)58(50)36-46)66-48-26-18-16-20-42(48)30-34-56(66)70(62,3)4/h9-40H,1-8H3. The van der Waals surface area contributed by atoms with Gasteiger partial charge >= 0.3 is 0 Å². The van der Waals surface area contributed by atoms with Crippen LogP contribution in [0.5, 0.6) is 0 Å². The third kappa shape index (κ3) is 5.58. The van der Waals surface area contributed by atoms with Crippen LogP contribution in [0.1, 0.15) is 99.9 Å². The van der Waals surface area contributed by atoms with Crippen molar-refractivity contribution in [2.75, 3.05) is 0 Å². The molecule has 0 saturated carbocycles. The van der Waals surface area contributed by atoms with Crippen LogP contribution in [0.3, 0.4) is 0 Å². The normalized spacial score (nSPS) is 16.1. The molecule has 0 fully saturated rings. The molecule has 1 aromatic heterocycles. The summed E-state index contributed by atoms with van der Waals surface area (Å²) >= 11 is 0. The summed E-state index contributed by atoms with van der Waals surface area (Å²) in [5.41, 5.74) is 27.9. The summed E-state index contributed by atoms with van der Waals surface area (Å²) < 4.78 is 7.58. The Morgan fingerprint density at radius 3 is 1.01 bits per heavy atom. The van der Waals surface area contributed by atoms with Crippen molar-refractivity contribution in [3.05, 3.63) is 239 Å². The monoisotopic (exact) mass is 936 g/mol. The van der Waals surface area contributed by atoms with Crippen molar-refractivity contribution in [1.29, 1.82) is 0 Å². The molecule has 0 spiro atoms. The van der Waals surface area contributed by atoms with Crippen LogP contribution in [-0.2, 0) is 21.7 Å². The molecule has 4 aliphatic carbocycles. The van der Waals surface area contributed by atoms with Crippen LogP contribution in [0, 0.1) is 0 Å². The van der Waals surface area contributed by atoms with Crippen molar-refractivity contribution in [2.24, 2.45) is 0 Å². The maximum atomic E-state index is 7.58. The first-order valence-electron chi connectivity index (χ1n) is 26.2. The van der Waals surface area contributed by atoms with Crippen LogP contribution >= 0.6 is 0 Å². The van der Waals surface area contributed by atoms with E-state index < -0.39 is 0 Å². The largest absolute Gasteiger partial charge is 0.455 e. The minimum atomic E-state index is -0.247. The highest BCUT2D eigenvalue weighted by Crippen LogP contribution is 2.61. The molecule has 0 radical (unpaired) electrons. The van der Waals surface area contributed by atoms with Gasteiger partial charge in [0, 0.05) is 43.9 Å². The molecule has 0 unspecified atom stereocenters. The molecule has 0 N–H and O–H groups in total. The topological polar surface area (TPSA) is 13.1 Å². The summed E-state index contributed by atoms with van der Waals surface area (Å²) in [4.78, 5) is 0. The van der Waals surface area contributed by atoms with Gasteiger partial charge in [-0.1, -0.05) is 213 Å². The molecule has 1 heteroatoms. The maximum absolute atomic E-state index is 7.58. The summed E-state index contributed by atoms with van der Waals surface area (Å²) in [6.07, 6.45) is 0. The van der Waals surface area contributed by atoms with Crippen molar-refractivity contribution in [2.45, 2.75) is 77.0 Å². The van der Waals surface area contributed by atoms with E-state index in [0.29, 0.717) is 0 Å². The lowest BCUT2D eigenvalue weighted by molar-refractivity contribution is 0.597. The molecular formula is C72H56O. The van der Waals surface area contributed by atoms with Crippen molar-refractivity contribution in [3.63, 3.8) is 0 Å². The van der Waals surface area contributed by atoms with Crippen LogP contribution in [-0.4, -0.2) is 0 Å². The second-order valence-electron chi connectivity index (χ2n) is 23.6. The number of hydrogen-bond acceptors (Lipinski definition) is 1. The summed E-state index contributed by atoms with van der Waals surface area (Å²) in [5.74, 6) is 1.79. The maximum Gasteiger partial charge on any atom is 0.143 e. The number of benzene rings is 10. The van der Waals surface area contributed by atoms with Gasteiger partial charge in [-0.05, 0) is 158 Å². The summed E-state index contributed by atoms with van der Waals surface area (Å²) in [6, 6.07) is 73.4. The van der Waals surface area contributed by atoms with E-state index in [-0.39, 0.29) is 21.7 Å². The third-order valence-corrected chi connectivity index (χ3v) is 18.3. The lowest BCUT2D eigenvalue weighted by Crippen LogP contribution is -2.17. The first kappa shape index (κ1) is 42.7. The van der Waals surface area contributed by atoms with E-state index in [0.717, 1.165) is 44.9 Å². The van der Waals surface area contributed by atoms with E-state index >= 15 is 0 Å². The van der Waals surface area contributed by atoms with Crippen LogP contribution < -0.4 is 0 Å². The molecule has 0 aliphatic heterocycles. The molecule has 11 aromatic rings. The van der Waals surface area contributed by atoms with E-state index in [2.05, 4.69) is 250 Å². The van der Waals surface area contributed by atoms with E-state index in [1.807, 2.05) is 0 Å². The van der Waals surface area contributed by atoms with Crippen LogP contribution in [0.15, 0.2) is 199 Å². The smallest absolute Gasteiger partial charge is 0.143 e. The first-order valence-corrected chi connectivity index (χ1v) is 26.2. The lowest BCUT2D eigenvalue weighted by Gasteiger charge is -2.24. The highest BCUT2D eigenvalue weighted by Gasteiger charge is 2.45. The molecule has 73 heavy (non-hydrogen) atoms. The molecular weight excluding hydrogens is 881 g/mol. The fourth-order valence-electron chi connectivity index (χ4n) is 14.3. The summed E-state index contributed by atoms with van der Waals surface area (Å²) in [6.45, 7) is 19.3. The van der Waals surface area contributed by atoms with Gasteiger partial charge in [-0.3, -0.25) is 0 Å². The Kier molecular flexibility index (Phi) is 8.39. The number of rotatable bonds is 4. The zero-order valence-electron chi connectivity index (χ0n) is 42.9. The molecule has 15 rings (SSSR count). The molecule has 0 amide bonds. The predicted molar refractivity (Wildman–Crippen MR) is 306 cm³/mol. The van der Waals surface area contributed by atoms with Gasteiger partial charge in [0.25, 0.3) is 0 Å². The fourth-order valence-corrected chi connectivity index (χ4v) is 14.3. The lowest BCUT2D eigenvalue weighted by atomic mass is 9.79. The molecule has 1 heterocycles. The Hall–Kier alpha value is -8.00. The molecule has 4 aliphatic rings. The third-order valence-electron chi connectivity index (χ3n) is 18.3. The molecule has 0 bridgehead atoms. The summed E-state index contributed by atoms with van der Waals surface area (Å²) in [5, 5.41) is 5.26. The van der Waals surface area contributed by atoms with E-state index in [1.54, 1.807) is 0 Å². The zero-order valence-corrected chi connectivity index (χ0v) is 42.9. The number of hydrogen-bond donors (Lipinski definition) is 0. The Labute approximate surface area is 428 Å². The van der Waals surface area contributed by atoms with Gasteiger partial charge < -0.3 is 4.42 Å². The second-order valence-corrected chi connectivity index (χ2v) is 23.6. The molecule has 1 nitrogen and oxygen atoms in total. The van der Waals surface area contributed by atoms with Crippen LogP contribution in [0.2, 0.25) is 0 Å². The number of fused-ring (bicyclic) bond motifs is 16. The van der Waals surface area contributed by atoms with Crippen molar-refractivity contribution >= 4 is 21.5 Å². The predicted octanol–water partition coefficient (Wildman–Crippen LogP) is 19.5. The summed E-state index contributed by atoms with van der Waals surface area (Å²) in [7, 11) is 0. The molecule has 0 saturated heterocycles. The quantitative estimate of drug-likeness (QED) is 0.171. The number of furan rings is 1. The van der Waals surface area contributed by atoms with Crippen molar-refractivity contribution < 1.29 is 4.42 Å². The Bertz CT molecular complexity index is 3950. The molecule has 0 atom stereocenters. The Morgan fingerprint density at radius 2 is 0.589 bits per heavy atom. The van der Waals surface area contributed by atoms with Crippen LogP contribution in [0.4, 0.5) is 0 Å². The minimum absolute atomic E-state index is 0.117. The van der Waals surface area contributed by atoms with Gasteiger partial charge in [-0.2, -0.15) is 0 Å². The second kappa shape index (κ2) is 14.4. The Morgan fingerprint density at radius 1 is 0.247 bits per heavy atom. The minimum Gasteiger partial charge on any atom is -0.455 e. The van der Waals surface area contributed by atoms with Gasteiger partial charge in [0.05, 0.1) is 0 Å². The van der Waals surface area contributed by atoms with Gasteiger partial charge in [-0.25, -0.2) is 0 Å². The van der Waals surface area contributed by atoms with Gasteiger partial charge in [0.2, 0.25) is 0 Å². The molecule has 350 valence electrons. The van der Waals surface area contributed by atoms with Gasteiger partial charge in [0.15, 0.2) is 0 Å². The fraction of sp³-hybridized carbons (Fsp3) is 0.167. The SMILES string of the molecule is CC1(C)c2cc(-c3oc(-c4ccc5c(c4)C(C)(C)c4cc6c(cc4-5)C(C)(C)c4ccc5ccccc5c4-6)c(-c4ccccc4)c3-c3ccccc3)ccc2-c2cc3c(cc21)-c1c(ccc2ccccc12)C3(C)C.